The van der Waals surface area contributed by atoms with Crippen LogP contribution in [0.3, 0.4) is 0 Å². The number of amides is 1. The summed E-state index contributed by atoms with van der Waals surface area (Å²) in [4.78, 5) is 10.5. The Morgan fingerprint density at radius 3 is 2.67 bits per heavy atom. The normalized spacial score (nSPS) is 34.8. The summed E-state index contributed by atoms with van der Waals surface area (Å²) in [5, 5.41) is 2.77. The van der Waals surface area contributed by atoms with Crippen molar-refractivity contribution in [2.45, 2.75) is 11.8 Å². The van der Waals surface area contributed by atoms with Crippen LogP contribution in [0.15, 0.2) is 0 Å². The first-order valence-electron chi connectivity index (χ1n) is 2.54. The first-order valence-corrected chi connectivity index (χ1v) is 3.57. The topological polar surface area (TPSA) is 81.1 Å². The van der Waals surface area contributed by atoms with Gasteiger partial charge in [-0.25, -0.2) is 0 Å². The van der Waals surface area contributed by atoms with Crippen LogP contribution < -0.4 is 16.8 Å². The molecular weight excluding hydrogens is 137 g/mol. The molecule has 1 aliphatic heterocycles. The van der Waals surface area contributed by atoms with Gasteiger partial charge in [0, 0.05) is 5.92 Å². The van der Waals surface area contributed by atoms with Gasteiger partial charge in [0.15, 0.2) is 0 Å². The van der Waals surface area contributed by atoms with E-state index in [1.54, 1.807) is 5.92 Å². The van der Waals surface area contributed by atoms with E-state index >= 15 is 0 Å². The fraction of sp³-hybridized carbons (Fsp3) is 0.500. The number of rotatable bonds is 1. The Balaban J connectivity index is 2.55. The van der Waals surface area contributed by atoms with Gasteiger partial charge in [-0.3, -0.25) is 10.1 Å². The van der Waals surface area contributed by atoms with Crippen molar-refractivity contribution >= 4 is 20.0 Å². The zero-order valence-corrected chi connectivity index (χ0v) is 5.64. The summed E-state index contributed by atoms with van der Waals surface area (Å²) in [7, 11) is 0.935. The lowest BCUT2D eigenvalue weighted by molar-refractivity contribution is -0.119. The summed E-state index contributed by atoms with van der Waals surface area (Å²) in [6.45, 7) is 0. The molecule has 0 aliphatic carbocycles. The maximum absolute atomic E-state index is 10.5. The number of carbonyl (C=O) groups excluding carboxylic acids is 1. The van der Waals surface area contributed by atoms with Gasteiger partial charge in [-0.2, -0.15) is 0 Å². The minimum atomic E-state index is -0.385. The molecular formula is C4H8N3OP. The SMILES string of the molecule is NC(=O)C1NC=PC1N. The van der Waals surface area contributed by atoms with Gasteiger partial charge in [-0.1, -0.05) is 8.20 Å². The molecule has 0 aromatic heterocycles. The molecule has 9 heavy (non-hydrogen) atoms. The summed E-state index contributed by atoms with van der Waals surface area (Å²) in [6.07, 6.45) is 0. The average Bonchev–Trinajstić information content (AvgIpc) is 2.13. The van der Waals surface area contributed by atoms with Crippen molar-refractivity contribution < 1.29 is 4.79 Å². The molecule has 0 radical (unpaired) electrons. The molecule has 0 bridgehead atoms. The Kier molecular flexibility index (Phi) is 1.81. The van der Waals surface area contributed by atoms with Crippen molar-refractivity contribution in [3.05, 3.63) is 0 Å². The molecule has 0 saturated carbocycles. The van der Waals surface area contributed by atoms with Crippen LogP contribution in [0.1, 0.15) is 0 Å². The van der Waals surface area contributed by atoms with Crippen molar-refractivity contribution in [3.63, 3.8) is 0 Å². The van der Waals surface area contributed by atoms with E-state index in [2.05, 4.69) is 5.32 Å². The highest BCUT2D eigenvalue weighted by atomic mass is 31.1. The third-order valence-corrected chi connectivity index (χ3v) is 2.09. The van der Waals surface area contributed by atoms with Crippen molar-refractivity contribution in [2.75, 3.05) is 0 Å². The lowest BCUT2D eigenvalue weighted by Gasteiger charge is -2.08. The highest BCUT2D eigenvalue weighted by Gasteiger charge is 2.23. The number of nitrogens with one attached hydrogen (secondary N) is 1. The molecule has 0 fully saturated rings. The van der Waals surface area contributed by atoms with Crippen LogP contribution in [0.4, 0.5) is 0 Å². The largest absolute Gasteiger partial charge is 0.368 e. The van der Waals surface area contributed by atoms with E-state index in [-0.39, 0.29) is 17.7 Å². The Labute approximate surface area is 54.4 Å². The lowest BCUT2D eigenvalue weighted by Crippen LogP contribution is -2.46. The molecule has 2 atom stereocenters. The predicted molar refractivity (Wildman–Crippen MR) is 37.1 cm³/mol. The van der Waals surface area contributed by atoms with Gasteiger partial charge in [-0.15, -0.1) is 0 Å². The van der Waals surface area contributed by atoms with Gasteiger partial charge in [0.2, 0.25) is 5.91 Å². The first-order chi connectivity index (χ1) is 4.22. The Bertz CT molecular complexity index is 158. The van der Waals surface area contributed by atoms with Crippen LogP contribution in [0.2, 0.25) is 0 Å². The van der Waals surface area contributed by atoms with Gasteiger partial charge in [0.1, 0.15) is 6.04 Å². The molecule has 2 unspecified atom stereocenters. The smallest absolute Gasteiger partial charge is 0.237 e. The summed E-state index contributed by atoms with van der Waals surface area (Å²) >= 11 is 0. The standard InChI is InChI=1S/C4H8N3OP/c5-3(8)2-4(6)9-1-7-2/h1-2,4,7H,6H2,(H2,5,8). The zero-order valence-electron chi connectivity index (χ0n) is 4.74. The molecule has 5 N–H and O–H groups in total. The maximum atomic E-state index is 10.5. The summed E-state index contributed by atoms with van der Waals surface area (Å²) < 4.78 is 0. The monoisotopic (exact) mass is 145 g/mol. The minimum absolute atomic E-state index is 0.164. The number of hydrogen-bond donors (Lipinski definition) is 3. The summed E-state index contributed by atoms with van der Waals surface area (Å²) in [5.74, 6) is 1.19. The lowest BCUT2D eigenvalue weighted by atomic mass is 10.3. The fourth-order valence-corrected chi connectivity index (χ4v) is 1.47. The zero-order chi connectivity index (χ0) is 6.85. The molecule has 1 rings (SSSR count). The molecule has 4 nitrogen and oxygen atoms in total. The third-order valence-electron chi connectivity index (χ3n) is 1.15. The Hall–Kier alpha value is -0.440. The van der Waals surface area contributed by atoms with Crippen LogP contribution in [0, 0.1) is 0 Å². The van der Waals surface area contributed by atoms with Crippen LogP contribution in [0.5, 0.6) is 0 Å². The minimum Gasteiger partial charge on any atom is -0.368 e. The predicted octanol–water partition coefficient (Wildman–Crippen LogP) is -1.57. The first kappa shape index (κ1) is 6.68. The van der Waals surface area contributed by atoms with Crippen LogP contribution in [-0.2, 0) is 4.79 Å². The molecule has 5 heteroatoms. The molecule has 0 aromatic carbocycles. The number of nitrogens with two attached hydrogens (primary N) is 2. The molecule has 1 amide bonds. The van der Waals surface area contributed by atoms with E-state index in [1.807, 2.05) is 0 Å². The average molecular weight is 145 g/mol. The van der Waals surface area contributed by atoms with E-state index in [9.17, 15) is 4.79 Å². The summed E-state index contributed by atoms with van der Waals surface area (Å²) in [5.41, 5.74) is 10.5. The number of hydrogen-bond acceptors (Lipinski definition) is 3. The van der Waals surface area contributed by atoms with E-state index in [0.717, 1.165) is 8.20 Å². The fourth-order valence-electron chi connectivity index (χ4n) is 0.644. The van der Waals surface area contributed by atoms with E-state index in [0.29, 0.717) is 0 Å². The molecule has 0 spiro atoms. The summed E-state index contributed by atoms with van der Waals surface area (Å²) in [6, 6.07) is -0.369. The van der Waals surface area contributed by atoms with Crippen LogP contribution in [0.25, 0.3) is 0 Å². The Morgan fingerprint density at radius 1 is 1.78 bits per heavy atom. The second-order valence-electron chi connectivity index (χ2n) is 1.82. The molecule has 0 saturated heterocycles. The van der Waals surface area contributed by atoms with Crippen LogP contribution >= 0.6 is 8.20 Å². The van der Waals surface area contributed by atoms with Crippen molar-refractivity contribution in [3.8, 4) is 0 Å². The Morgan fingerprint density at radius 2 is 2.44 bits per heavy atom. The second kappa shape index (κ2) is 2.43. The highest BCUT2D eigenvalue weighted by Crippen LogP contribution is 2.10. The van der Waals surface area contributed by atoms with Gasteiger partial charge >= 0.3 is 0 Å². The second-order valence-corrected chi connectivity index (χ2v) is 2.97. The van der Waals surface area contributed by atoms with E-state index in [4.69, 9.17) is 11.5 Å². The van der Waals surface area contributed by atoms with E-state index < -0.39 is 0 Å². The molecule has 50 valence electrons. The highest BCUT2D eigenvalue weighted by molar-refractivity contribution is 7.39. The van der Waals surface area contributed by atoms with Crippen molar-refractivity contribution in [1.82, 2.24) is 5.32 Å². The van der Waals surface area contributed by atoms with Gasteiger partial charge in [-0.05, 0) is 0 Å². The van der Waals surface area contributed by atoms with Crippen molar-refractivity contribution in [1.29, 1.82) is 0 Å². The molecule has 0 aromatic rings. The third kappa shape index (κ3) is 1.27. The number of carbonyl (C=O) groups is 1. The van der Waals surface area contributed by atoms with Crippen LogP contribution in [-0.4, -0.2) is 23.7 Å². The van der Waals surface area contributed by atoms with E-state index in [1.165, 1.54) is 0 Å². The quantitative estimate of drug-likeness (QED) is 0.390. The number of primary amides is 1. The molecule has 1 aliphatic rings. The van der Waals surface area contributed by atoms with Gasteiger partial charge < -0.3 is 11.5 Å². The van der Waals surface area contributed by atoms with Crippen molar-refractivity contribution in [2.24, 2.45) is 11.5 Å². The van der Waals surface area contributed by atoms with Gasteiger partial charge in [0.05, 0.1) is 5.78 Å². The molecule has 1 heterocycles. The maximum Gasteiger partial charge on any atom is 0.237 e. The van der Waals surface area contributed by atoms with Gasteiger partial charge in [0.25, 0.3) is 0 Å².